The van der Waals surface area contributed by atoms with Gasteiger partial charge >= 0.3 is 5.69 Å². The summed E-state index contributed by atoms with van der Waals surface area (Å²) in [5.74, 6) is -0.480. The molecule has 1 heterocycles. The van der Waals surface area contributed by atoms with Gasteiger partial charge in [0.05, 0.1) is 11.4 Å². The minimum Gasteiger partial charge on any atom is -0.493 e. The Morgan fingerprint density at radius 3 is 2.62 bits per heavy atom. The first-order chi connectivity index (χ1) is 12.4. The predicted molar refractivity (Wildman–Crippen MR) is 103 cm³/mol. The molecule has 0 amide bonds. The molecule has 7 heteroatoms. The number of rotatable bonds is 3. The van der Waals surface area contributed by atoms with Gasteiger partial charge in [-0.05, 0) is 49.2 Å². The molecule has 26 heavy (non-hydrogen) atoms. The van der Waals surface area contributed by atoms with Crippen molar-refractivity contribution in [2.75, 3.05) is 0 Å². The molecule has 132 valence electrons. The number of aryl methyl sites for hydroxylation is 2. The zero-order valence-corrected chi connectivity index (χ0v) is 14.9. The summed E-state index contributed by atoms with van der Waals surface area (Å²) in [6.07, 6.45) is 1.21. The maximum atomic E-state index is 12.2. The quantitative estimate of drug-likeness (QED) is 0.694. The molecule has 3 rings (SSSR count). The van der Waals surface area contributed by atoms with Crippen LogP contribution in [-0.2, 0) is 0 Å². The monoisotopic (exact) mass is 369 g/mol. The molecule has 0 bridgehead atoms. The number of aromatic hydroxyl groups is 1. The second-order valence-corrected chi connectivity index (χ2v) is 6.27. The minimum atomic E-state index is -0.728. The van der Waals surface area contributed by atoms with Crippen LogP contribution in [0.3, 0.4) is 0 Å². The molecule has 0 aliphatic carbocycles. The van der Waals surface area contributed by atoms with Crippen LogP contribution in [0.15, 0.2) is 57.0 Å². The van der Waals surface area contributed by atoms with Gasteiger partial charge < -0.3 is 5.11 Å². The largest absolute Gasteiger partial charge is 0.493 e. The van der Waals surface area contributed by atoms with Gasteiger partial charge in [-0.15, -0.1) is 0 Å². The molecular formula is C19H16ClN3O3. The molecule has 0 spiro atoms. The highest BCUT2D eigenvalue weighted by molar-refractivity contribution is 6.31. The van der Waals surface area contributed by atoms with Gasteiger partial charge in [-0.25, -0.2) is 9.36 Å². The van der Waals surface area contributed by atoms with Gasteiger partial charge in [-0.2, -0.15) is 0 Å². The molecule has 0 unspecified atom stereocenters. The van der Waals surface area contributed by atoms with Crippen molar-refractivity contribution in [3.8, 4) is 11.6 Å². The van der Waals surface area contributed by atoms with E-state index in [0.29, 0.717) is 16.4 Å². The second kappa shape index (κ2) is 7.01. The summed E-state index contributed by atoms with van der Waals surface area (Å²) in [5, 5.41) is 11.0. The molecule has 0 aliphatic rings. The third kappa shape index (κ3) is 3.45. The average molecular weight is 370 g/mol. The summed E-state index contributed by atoms with van der Waals surface area (Å²) in [6.45, 7) is 3.73. The number of H-pyrrole nitrogens is 1. The molecule has 1 aromatic heterocycles. The number of nitrogens with one attached hydrogen (secondary N) is 1. The standard InChI is InChI=1S/C19H16ClN3O3/c1-11-4-3-5-14(8-11)23-18(25)15(17(24)22-19(23)26)10-21-13-7-6-12(2)16(20)9-13/h3-10,25H,1-2H3,(H,22,24,26). The van der Waals surface area contributed by atoms with Gasteiger partial charge in [0.15, 0.2) is 0 Å². The highest BCUT2D eigenvalue weighted by Gasteiger charge is 2.14. The van der Waals surface area contributed by atoms with Crippen LogP contribution in [-0.4, -0.2) is 20.9 Å². The number of halogens is 1. The van der Waals surface area contributed by atoms with Crippen LogP contribution >= 0.6 is 11.6 Å². The van der Waals surface area contributed by atoms with Crippen molar-refractivity contribution in [3.05, 3.63) is 85.0 Å². The Bertz CT molecular complexity index is 1130. The Kier molecular flexibility index (Phi) is 4.77. The van der Waals surface area contributed by atoms with Crippen molar-refractivity contribution in [2.45, 2.75) is 13.8 Å². The van der Waals surface area contributed by atoms with E-state index in [1.54, 1.807) is 36.4 Å². The van der Waals surface area contributed by atoms with Crippen LogP contribution in [0.1, 0.15) is 16.7 Å². The van der Waals surface area contributed by atoms with Gasteiger partial charge in [0.2, 0.25) is 5.88 Å². The maximum Gasteiger partial charge on any atom is 0.335 e. The third-order valence-electron chi connectivity index (χ3n) is 3.88. The van der Waals surface area contributed by atoms with Crippen molar-refractivity contribution >= 4 is 23.5 Å². The number of aromatic nitrogens is 2. The van der Waals surface area contributed by atoms with E-state index < -0.39 is 17.1 Å². The van der Waals surface area contributed by atoms with Gasteiger partial charge in [-0.1, -0.05) is 29.8 Å². The van der Waals surface area contributed by atoms with Crippen LogP contribution in [0.25, 0.3) is 5.69 Å². The molecular weight excluding hydrogens is 354 g/mol. The van der Waals surface area contributed by atoms with Gasteiger partial charge in [0, 0.05) is 11.2 Å². The highest BCUT2D eigenvalue weighted by atomic mass is 35.5. The fourth-order valence-corrected chi connectivity index (χ4v) is 2.64. The van der Waals surface area contributed by atoms with Crippen LogP contribution in [0.2, 0.25) is 5.02 Å². The van der Waals surface area contributed by atoms with E-state index in [4.69, 9.17) is 11.6 Å². The van der Waals surface area contributed by atoms with Crippen molar-refractivity contribution in [1.82, 2.24) is 9.55 Å². The second-order valence-electron chi connectivity index (χ2n) is 5.86. The Hall–Kier alpha value is -3.12. The number of hydrogen-bond donors (Lipinski definition) is 2. The van der Waals surface area contributed by atoms with Crippen LogP contribution in [0.5, 0.6) is 5.88 Å². The first-order valence-electron chi connectivity index (χ1n) is 7.82. The first-order valence-corrected chi connectivity index (χ1v) is 8.20. The number of benzene rings is 2. The zero-order valence-electron chi connectivity index (χ0n) is 14.2. The number of nitrogens with zero attached hydrogens (tertiary/aromatic N) is 2. The molecule has 3 aromatic rings. The van der Waals surface area contributed by atoms with Crippen molar-refractivity contribution in [1.29, 1.82) is 0 Å². The third-order valence-corrected chi connectivity index (χ3v) is 4.29. The number of aromatic amines is 1. The Morgan fingerprint density at radius 1 is 1.15 bits per heavy atom. The molecule has 0 fully saturated rings. The zero-order chi connectivity index (χ0) is 18.8. The maximum absolute atomic E-state index is 12.2. The van der Waals surface area contributed by atoms with Crippen molar-refractivity contribution < 1.29 is 5.11 Å². The summed E-state index contributed by atoms with van der Waals surface area (Å²) in [7, 11) is 0. The van der Waals surface area contributed by atoms with E-state index in [1.165, 1.54) is 6.21 Å². The number of aliphatic imine (C=N–C) groups is 1. The predicted octanol–water partition coefficient (Wildman–Crippen LogP) is 3.25. The van der Waals surface area contributed by atoms with E-state index >= 15 is 0 Å². The first kappa shape index (κ1) is 17.7. The Morgan fingerprint density at radius 2 is 1.92 bits per heavy atom. The summed E-state index contributed by atoms with van der Waals surface area (Å²) in [5.41, 5.74) is 1.20. The van der Waals surface area contributed by atoms with Crippen molar-refractivity contribution in [2.24, 2.45) is 4.99 Å². The van der Waals surface area contributed by atoms with Crippen molar-refractivity contribution in [3.63, 3.8) is 0 Å². The molecule has 0 saturated heterocycles. The summed E-state index contributed by atoms with van der Waals surface area (Å²) in [4.78, 5) is 30.6. The fraction of sp³-hybridized carbons (Fsp3) is 0.105. The summed E-state index contributed by atoms with van der Waals surface area (Å²) in [6, 6.07) is 12.2. The lowest BCUT2D eigenvalue weighted by Gasteiger charge is -2.10. The smallest absolute Gasteiger partial charge is 0.335 e. The lowest BCUT2D eigenvalue weighted by molar-refractivity contribution is 0.430. The van der Waals surface area contributed by atoms with Gasteiger partial charge in [0.25, 0.3) is 5.56 Å². The van der Waals surface area contributed by atoms with E-state index in [1.807, 2.05) is 19.9 Å². The number of hydrogen-bond acceptors (Lipinski definition) is 4. The molecule has 0 aliphatic heterocycles. The van der Waals surface area contributed by atoms with E-state index in [0.717, 1.165) is 15.7 Å². The van der Waals surface area contributed by atoms with Crippen LogP contribution in [0.4, 0.5) is 5.69 Å². The van der Waals surface area contributed by atoms with Gasteiger partial charge in [-0.3, -0.25) is 14.8 Å². The molecule has 6 nitrogen and oxygen atoms in total. The molecule has 2 aromatic carbocycles. The van der Waals surface area contributed by atoms with E-state index in [2.05, 4.69) is 9.98 Å². The lowest BCUT2D eigenvalue weighted by atomic mass is 10.2. The van der Waals surface area contributed by atoms with E-state index in [-0.39, 0.29) is 5.56 Å². The van der Waals surface area contributed by atoms with Crippen LogP contribution < -0.4 is 11.2 Å². The lowest BCUT2D eigenvalue weighted by Crippen LogP contribution is -2.31. The molecule has 0 atom stereocenters. The highest BCUT2D eigenvalue weighted by Crippen LogP contribution is 2.22. The molecule has 0 saturated carbocycles. The fourth-order valence-electron chi connectivity index (χ4n) is 2.46. The Balaban J connectivity index is 2.12. The molecule has 0 radical (unpaired) electrons. The summed E-state index contributed by atoms with van der Waals surface area (Å²) < 4.78 is 1.03. The minimum absolute atomic E-state index is 0.122. The summed E-state index contributed by atoms with van der Waals surface area (Å²) >= 11 is 6.06. The average Bonchev–Trinajstić information content (AvgIpc) is 2.57. The normalized spacial score (nSPS) is 11.2. The molecule has 2 N–H and O–H groups in total. The van der Waals surface area contributed by atoms with E-state index in [9.17, 15) is 14.7 Å². The SMILES string of the molecule is Cc1cccc(-n2c(O)c(C=Nc3ccc(C)c(Cl)c3)c(=O)[nH]c2=O)c1. The van der Waals surface area contributed by atoms with Gasteiger partial charge in [0.1, 0.15) is 5.56 Å². The topological polar surface area (TPSA) is 87.4 Å². The van der Waals surface area contributed by atoms with Crippen LogP contribution in [0, 0.1) is 13.8 Å². The Labute approximate surface area is 154 Å².